The number of nitriles is 1. The van der Waals surface area contributed by atoms with E-state index in [-0.39, 0.29) is 11.5 Å². The maximum absolute atomic E-state index is 12.2. The number of halogens is 1. The summed E-state index contributed by atoms with van der Waals surface area (Å²) >= 11 is 3.46. The molecular weight excluding hydrogens is 334 g/mol. The summed E-state index contributed by atoms with van der Waals surface area (Å²) < 4.78 is 6.19. The number of carbonyl (C=O) groups is 1. The fourth-order valence-electron chi connectivity index (χ4n) is 1.98. The Balaban J connectivity index is 1.96. The van der Waals surface area contributed by atoms with E-state index < -0.39 is 0 Å². The first kappa shape index (κ1) is 15.5. The average molecular weight is 350 g/mol. The van der Waals surface area contributed by atoms with Gasteiger partial charge >= 0.3 is 0 Å². The molecule has 1 aromatic carbocycles. The zero-order chi connectivity index (χ0) is 15.1. The van der Waals surface area contributed by atoms with Crippen LogP contribution in [0.25, 0.3) is 0 Å². The minimum Gasteiger partial charge on any atom is -0.386 e. The lowest BCUT2D eigenvalue weighted by Gasteiger charge is -2.26. The molecule has 0 aliphatic carbocycles. The van der Waals surface area contributed by atoms with Crippen LogP contribution in [-0.2, 0) is 16.1 Å². The van der Waals surface area contributed by atoms with Crippen LogP contribution < -0.4 is 5.32 Å². The number of hydrogen-bond donors (Lipinski definition) is 1. The van der Waals surface area contributed by atoms with Crippen molar-refractivity contribution >= 4 is 21.8 Å². The average Bonchev–Trinajstić information content (AvgIpc) is 2.53. The highest BCUT2D eigenvalue weighted by Crippen LogP contribution is 2.15. The van der Waals surface area contributed by atoms with Gasteiger partial charge in [-0.05, 0) is 11.6 Å². The predicted octanol–water partition coefficient (Wildman–Crippen LogP) is 1.80. The third-order valence-electron chi connectivity index (χ3n) is 3.15. The molecule has 0 atom stereocenters. The number of ether oxygens (including phenoxy) is 1. The molecule has 1 amide bonds. The molecule has 1 aliphatic rings. The highest BCUT2D eigenvalue weighted by atomic mass is 79.9. The largest absolute Gasteiger partial charge is 0.386 e. The zero-order valence-corrected chi connectivity index (χ0v) is 13.1. The third kappa shape index (κ3) is 4.31. The Kier molecular flexibility index (Phi) is 5.78. The molecule has 1 saturated heterocycles. The van der Waals surface area contributed by atoms with Gasteiger partial charge in [-0.25, -0.2) is 0 Å². The summed E-state index contributed by atoms with van der Waals surface area (Å²) in [4.78, 5) is 13.8. The van der Waals surface area contributed by atoms with Crippen LogP contribution in [0.15, 0.2) is 40.5 Å². The molecule has 0 spiro atoms. The first-order chi connectivity index (χ1) is 10.2. The van der Waals surface area contributed by atoms with Crippen molar-refractivity contribution in [1.29, 1.82) is 5.26 Å². The van der Waals surface area contributed by atoms with E-state index >= 15 is 0 Å². The van der Waals surface area contributed by atoms with Crippen molar-refractivity contribution in [2.24, 2.45) is 0 Å². The van der Waals surface area contributed by atoms with Crippen LogP contribution in [-0.4, -0.2) is 37.1 Å². The van der Waals surface area contributed by atoms with Crippen molar-refractivity contribution in [2.45, 2.75) is 6.54 Å². The van der Waals surface area contributed by atoms with E-state index in [0.717, 1.165) is 10.0 Å². The Morgan fingerprint density at radius 3 is 2.81 bits per heavy atom. The molecule has 0 bridgehead atoms. The topological polar surface area (TPSA) is 65.4 Å². The second kappa shape index (κ2) is 7.81. The molecule has 0 aromatic heterocycles. The van der Waals surface area contributed by atoms with E-state index in [9.17, 15) is 4.79 Å². The molecule has 0 unspecified atom stereocenters. The third-order valence-corrected chi connectivity index (χ3v) is 3.92. The van der Waals surface area contributed by atoms with E-state index in [0.29, 0.717) is 32.8 Å². The minimum absolute atomic E-state index is 0.115. The molecule has 6 heteroatoms. The summed E-state index contributed by atoms with van der Waals surface area (Å²) in [5.41, 5.74) is 1.17. The zero-order valence-electron chi connectivity index (χ0n) is 11.5. The number of hydrogen-bond acceptors (Lipinski definition) is 4. The molecule has 1 aliphatic heterocycles. The second-order valence-corrected chi connectivity index (χ2v) is 5.40. The summed E-state index contributed by atoms with van der Waals surface area (Å²) in [6.07, 6.45) is 1.48. The predicted molar refractivity (Wildman–Crippen MR) is 82.1 cm³/mol. The Hall–Kier alpha value is -1.84. The Bertz CT molecular complexity index is 575. The molecule has 1 heterocycles. The monoisotopic (exact) mass is 349 g/mol. The van der Waals surface area contributed by atoms with E-state index in [1.165, 1.54) is 6.20 Å². The van der Waals surface area contributed by atoms with Gasteiger partial charge in [-0.2, -0.15) is 5.26 Å². The van der Waals surface area contributed by atoms with Crippen LogP contribution >= 0.6 is 15.9 Å². The lowest BCUT2D eigenvalue weighted by Crippen LogP contribution is -2.41. The lowest BCUT2D eigenvalue weighted by molar-refractivity contribution is -0.130. The number of morpholine rings is 1. The second-order valence-electron chi connectivity index (χ2n) is 4.55. The van der Waals surface area contributed by atoms with Gasteiger partial charge in [0, 0.05) is 30.3 Å². The van der Waals surface area contributed by atoms with Gasteiger partial charge in [0.05, 0.1) is 13.2 Å². The number of benzene rings is 1. The van der Waals surface area contributed by atoms with Gasteiger partial charge in [-0.15, -0.1) is 0 Å². The van der Waals surface area contributed by atoms with Gasteiger partial charge in [0.15, 0.2) is 0 Å². The maximum Gasteiger partial charge on any atom is 0.266 e. The van der Waals surface area contributed by atoms with Crippen LogP contribution in [0.2, 0.25) is 0 Å². The molecule has 1 aromatic rings. The summed E-state index contributed by atoms with van der Waals surface area (Å²) in [5.74, 6) is -0.250. The van der Waals surface area contributed by atoms with Gasteiger partial charge < -0.3 is 15.0 Å². The number of nitrogens with zero attached hydrogens (tertiary/aromatic N) is 2. The van der Waals surface area contributed by atoms with E-state index in [2.05, 4.69) is 21.2 Å². The molecule has 21 heavy (non-hydrogen) atoms. The fraction of sp³-hybridized carbons (Fsp3) is 0.333. The molecule has 0 saturated carbocycles. The van der Waals surface area contributed by atoms with Crippen molar-refractivity contribution in [1.82, 2.24) is 10.2 Å². The Morgan fingerprint density at radius 2 is 2.14 bits per heavy atom. The quantitative estimate of drug-likeness (QED) is 0.664. The highest BCUT2D eigenvalue weighted by Gasteiger charge is 2.20. The summed E-state index contributed by atoms with van der Waals surface area (Å²) in [7, 11) is 0. The number of carbonyl (C=O) groups excluding carboxylic acids is 1. The molecule has 1 N–H and O–H groups in total. The van der Waals surface area contributed by atoms with Gasteiger partial charge in [0.1, 0.15) is 11.6 Å². The summed E-state index contributed by atoms with van der Waals surface area (Å²) in [6.45, 7) is 2.65. The van der Waals surface area contributed by atoms with Gasteiger partial charge in [-0.3, -0.25) is 4.79 Å². The minimum atomic E-state index is -0.250. The van der Waals surface area contributed by atoms with Crippen LogP contribution in [0.5, 0.6) is 0 Å². The van der Waals surface area contributed by atoms with Crippen LogP contribution in [0.1, 0.15) is 5.56 Å². The standard InChI is InChI=1S/C15H16BrN3O2/c16-14-4-2-1-3-12(14)10-18-11-13(9-17)15(20)19-5-7-21-8-6-19/h1-4,11,18H,5-8,10H2/b13-11-. The first-order valence-electron chi connectivity index (χ1n) is 6.66. The Morgan fingerprint density at radius 1 is 1.43 bits per heavy atom. The van der Waals surface area contributed by atoms with Gasteiger partial charge in [0.2, 0.25) is 0 Å². The fourth-order valence-corrected chi connectivity index (χ4v) is 2.41. The first-order valence-corrected chi connectivity index (χ1v) is 7.45. The number of nitrogens with one attached hydrogen (secondary N) is 1. The molecular formula is C15H16BrN3O2. The Labute approximate surface area is 132 Å². The van der Waals surface area contributed by atoms with Crippen LogP contribution in [0.3, 0.4) is 0 Å². The molecule has 5 nitrogen and oxygen atoms in total. The smallest absolute Gasteiger partial charge is 0.266 e. The van der Waals surface area contributed by atoms with Gasteiger partial charge in [-0.1, -0.05) is 34.1 Å². The van der Waals surface area contributed by atoms with E-state index in [4.69, 9.17) is 10.00 Å². The normalized spacial score (nSPS) is 15.4. The molecule has 110 valence electrons. The molecule has 2 rings (SSSR count). The van der Waals surface area contributed by atoms with Crippen LogP contribution in [0, 0.1) is 11.3 Å². The van der Waals surface area contributed by atoms with Crippen molar-refractivity contribution in [3.63, 3.8) is 0 Å². The van der Waals surface area contributed by atoms with Crippen molar-refractivity contribution < 1.29 is 9.53 Å². The molecule has 0 radical (unpaired) electrons. The van der Waals surface area contributed by atoms with Crippen molar-refractivity contribution in [3.05, 3.63) is 46.1 Å². The molecule has 1 fully saturated rings. The highest BCUT2D eigenvalue weighted by molar-refractivity contribution is 9.10. The number of amides is 1. The SMILES string of the molecule is N#C/C(=C/NCc1ccccc1Br)C(=O)N1CCOCC1. The summed E-state index contributed by atoms with van der Waals surface area (Å²) in [6, 6.07) is 9.75. The van der Waals surface area contributed by atoms with E-state index in [1.54, 1.807) is 4.90 Å². The van der Waals surface area contributed by atoms with Crippen LogP contribution in [0.4, 0.5) is 0 Å². The van der Waals surface area contributed by atoms with Crippen molar-refractivity contribution in [3.8, 4) is 6.07 Å². The summed E-state index contributed by atoms with van der Waals surface area (Å²) in [5, 5.41) is 12.2. The lowest BCUT2D eigenvalue weighted by atomic mass is 10.2. The van der Waals surface area contributed by atoms with Gasteiger partial charge in [0.25, 0.3) is 5.91 Å². The van der Waals surface area contributed by atoms with E-state index in [1.807, 2.05) is 30.3 Å². The number of rotatable bonds is 4. The van der Waals surface area contributed by atoms with Crippen molar-refractivity contribution in [2.75, 3.05) is 26.3 Å². The maximum atomic E-state index is 12.2.